The van der Waals surface area contributed by atoms with Gasteiger partial charge in [-0.1, -0.05) is 17.7 Å². The number of likely N-dealkylation sites (tertiary alicyclic amines) is 1. The zero-order chi connectivity index (χ0) is 21.9. The summed E-state index contributed by atoms with van der Waals surface area (Å²) >= 11 is 0. The maximum Gasteiger partial charge on any atom is 0.162 e. The molecule has 0 spiro atoms. The van der Waals surface area contributed by atoms with Crippen molar-refractivity contribution in [3.63, 3.8) is 0 Å². The van der Waals surface area contributed by atoms with Crippen molar-refractivity contribution in [2.75, 3.05) is 51.8 Å². The van der Waals surface area contributed by atoms with Crippen LogP contribution in [0.15, 0.2) is 42.7 Å². The Balaban J connectivity index is 1.27. The minimum absolute atomic E-state index is 0.653. The van der Waals surface area contributed by atoms with Crippen LogP contribution in [0, 0.1) is 18.8 Å². The molecule has 2 N–H and O–H groups in total. The van der Waals surface area contributed by atoms with Crippen molar-refractivity contribution in [3.05, 3.63) is 48.3 Å². The third-order valence-electron chi connectivity index (χ3n) is 6.58. The summed E-state index contributed by atoms with van der Waals surface area (Å²) in [6.45, 7) is 8.57. The second kappa shape index (κ2) is 9.30. The van der Waals surface area contributed by atoms with Crippen LogP contribution in [0.3, 0.4) is 0 Å². The van der Waals surface area contributed by atoms with Crippen LogP contribution in [-0.2, 0) is 0 Å². The molecule has 0 bridgehead atoms. The summed E-state index contributed by atoms with van der Waals surface area (Å²) < 4.78 is 11.7. The van der Waals surface area contributed by atoms with Gasteiger partial charge >= 0.3 is 0 Å². The van der Waals surface area contributed by atoms with Crippen LogP contribution in [-0.4, -0.2) is 61.3 Å². The van der Waals surface area contributed by atoms with Gasteiger partial charge in [0.1, 0.15) is 12.1 Å². The molecule has 1 aromatic heterocycles. The minimum Gasteiger partial charge on any atom is -0.493 e. The Hall–Kier alpha value is -2.90. The van der Waals surface area contributed by atoms with E-state index < -0.39 is 0 Å². The summed E-state index contributed by atoms with van der Waals surface area (Å²) in [5.74, 6) is 3.83. The summed E-state index contributed by atoms with van der Waals surface area (Å²) in [5.41, 5.74) is 3.02. The fourth-order valence-corrected chi connectivity index (χ4v) is 4.81. The first kappa shape index (κ1) is 21.0. The van der Waals surface area contributed by atoms with Gasteiger partial charge in [-0.05, 0) is 56.5 Å². The summed E-state index contributed by atoms with van der Waals surface area (Å²) in [4.78, 5) is 11.5. The van der Waals surface area contributed by atoms with Gasteiger partial charge < -0.3 is 25.0 Å². The average Bonchev–Trinajstić information content (AvgIpc) is 3.40. The highest BCUT2D eigenvalue weighted by Gasteiger charge is 2.35. The predicted octanol–water partition coefficient (Wildman–Crippen LogP) is 3.61. The van der Waals surface area contributed by atoms with E-state index in [1.54, 1.807) is 13.4 Å². The highest BCUT2D eigenvalue weighted by atomic mass is 16.5. The molecule has 7 heteroatoms. The van der Waals surface area contributed by atoms with Crippen LogP contribution >= 0.6 is 0 Å². The molecule has 168 valence electrons. The lowest BCUT2D eigenvalue weighted by Gasteiger charge is -2.18. The molecular weight excluding hydrogens is 402 g/mol. The van der Waals surface area contributed by atoms with Gasteiger partial charge in [-0.25, -0.2) is 9.97 Å². The quantitative estimate of drug-likeness (QED) is 0.526. The zero-order valence-corrected chi connectivity index (χ0v) is 18.8. The van der Waals surface area contributed by atoms with E-state index in [0.29, 0.717) is 12.4 Å². The van der Waals surface area contributed by atoms with Gasteiger partial charge in [0.2, 0.25) is 0 Å². The molecule has 2 saturated heterocycles. The summed E-state index contributed by atoms with van der Waals surface area (Å²) in [5, 5.41) is 7.81. The first-order valence-corrected chi connectivity index (χ1v) is 11.4. The first-order valence-electron chi connectivity index (χ1n) is 11.4. The Kier molecular flexibility index (Phi) is 6.10. The van der Waals surface area contributed by atoms with Crippen molar-refractivity contribution in [2.24, 2.45) is 11.8 Å². The van der Waals surface area contributed by atoms with Crippen molar-refractivity contribution < 1.29 is 9.47 Å². The Morgan fingerprint density at radius 2 is 1.84 bits per heavy atom. The number of hydrogen-bond acceptors (Lipinski definition) is 7. The van der Waals surface area contributed by atoms with Crippen LogP contribution in [0.1, 0.15) is 12.0 Å². The molecule has 0 aliphatic carbocycles. The molecule has 7 nitrogen and oxygen atoms in total. The van der Waals surface area contributed by atoms with Gasteiger partial charge in [-0.3, -0.25) is 0 Å². The molecule has 2 aromatic carbocycles. The molecular formula is C25H31N5O2. The second-order valence-electron chi connectivity index (χ2n) is 8.87. The summed E-state index contributed by atoms with van der Waals surface area (Å²) in [7, 11) is 1.66. The van der Waals surface area contributed by atoms with Gasteiger partial charge in [0.15, 0.2) is 11.5 Å². The Morgan fingerprint density at radius 1 is 1.06 bits per heavy atom. The number of ether oxygens (including phenoxy) is 2. The number of fused-ring (bicyclic) bond motifs is 2. The molecule has 3 heterocycles. The lowest BCUT2D eigenvalue weighted by atomic mass is 10.0. The number of nitrogens with one attached hydrogen (secondary N) is 2. The van der Waals surface area contributed by atoms with Crippen molar-refractivity contribution >= 4 is 22.4 Å². The molecule has 2 fully saturated rings. The minimum atomic E-state index is 0.653. The molecule has 2 aliphatic rings. The maximum absolute atomic E-state index is 6.16. The topological polar surface area (TPSA) is 71.5 Å². The van der Waals surface area contributed by atoms with E-state index in [1.807, 2.05) is 24.3 Å². The van der Waals surface area contributed by atoms with Gasteiger partial charge in [-0.15, -0.1) is 0 Å². The normalized spacial score (nSPS) is 20.4. The number of aromatic nitrogens is 2. The number of rotatable bonds is 8. The van der Waals surface area contributed by atoms with Crippen molar-refractivity contribution in [2.45, 2.75) is 13.3 Å². The second-order valence-corrected chi connectivity index (χ2v) is 8.87. The molecule has 32 heavy (non-hydrogen) atoms. The zero-order valence-electron chi connectivity index (χ0n) is 18.8. The number of hydrogen-bond donors (Lipinski definition) is 2. The summed E-state index contributed by atoms with van der Waals surface area (Å²) in [6, 6.07) is 12.2. The third kappa shape index (κ3) is 4.49. The molecule has 2 unspecified atom stereocenters. The molecule has 0 radical (unpaired) electrons. The third-order valence-corrected chi connectivity index (χ3v) is 6.58. The number of anilines is 2. The van der Waals surface area contributed by atoms with Crippen LogP contribution in [0.2, 0.25) is 0 Å². The fourth-order valence-electron chi connectivity index (χ4n) is 4.81. The van der Waals surface area contributed by atoms with Crippen LogP contribution < -0.4 is 20.1 Å². The van der Waals surface area contributed by atoms with E-state index >= 15 is 0 Å². The van der Waals surface area contributed by atoms with Crippen LogP contribution in [0.5, 0.6) is 11.5 Å². The molecule has 0 amide bonds. The summed E-state index contributed by atoms with van der Waals surface area (Å²) in [6.07, 6.45) is 2.56. The molecule has 2 aliphatic heterocycles. The monoisotopic (exact) mass is 433 g/mol. The van der Waals surface area contributed by atoms with Crippen LogP contribution in [0.4, 0.5) is 11.5 Å². The van der Waals surface area contributed by atoms with E-state index in [-0.39, 0.29) is 0 Å². The van der Waals surface area contributed by atoms with E-state index in [2.05, 4.69) is 44.6 Å². The average molecular weight is 434 g/mol. The van der Waals surface area contributed by atoms with E-state index in [1.165, 1.54) is 31.7 Å². The Morgan fingerprint density at radius 3 is 2.59 bits per heavy atom. The van der Waals surface area contributed by atoms with E-state index in [9.17, 15) is 0 Å². The van der Waals surface area contributed by atoms with Gasteiger partial charge in [-0.2, -0.15) is 0 Å². The Labute approximate surface area is 189 Å². The van der Waals surface area contributed by atoms with Crippen molar-refractivity contribution in [1.29, 1.82) is 0 Å². The first-order chi connectivity index (χ1) is 15.7. The fraction of sp³-hybridized carbons (Fsp3) is 0.440. The number of benzene rings is 2. The van der Waals surface area contributed by atoms with Gasteiger partial charge in [0.05, 0.1) is 19.2 Å². The maximum atomic E-state index is 6.16. The van der Waals surface area contributed by atoms with Gasteiger partial charge in [0.25, 0.3) is 0 Å². The number of aryl methyl sites for hydroxylation is 1. The Bertz CT molecular complexity index is 1060. The predicted molar refractivity (Wildman–Crippen MR) is 127 cm³/mol. The van der Waals surface area contributed by atoms with E-state index in [0.717, 1.165) is 53.0 Å². The highest BCUT2D eigenvalue weighted by Crippen LogP contribution is 2.35. The lowest BCUT2D eigenvalue weighted by Crippen LogP contribution is -2.27. The SMILES string of the molecule is COc1cc2ncnc(Nc3ccc(C)cc3)c2cc1OCCCN1CC2CNCC2C1. The molecule has 5 rings (SSSR count). The van der Waals surface area contributed by atoms with Crippen molar-refractivity contribution in [3.8, 4) is 11.5 Å². The lowest BCUT2D eigenvalue weighted by molar-refractivity contribution is 0.247. The van der Waals surface area contributed by atoms with Crippen LogP contribution in [0.25, 0.3) is 10.9 Å². The van der Waals surface area contributed by atoms with Gasteiger partial charge in [0, 0.05) is 36.8 Å². The number of methoxy groups -OCH3 is 1. The standard InChI is InChI=1S/C25H31N5O2/c1-17-4-6-20(7-5-17)29-25-21-10-24(23(31-2)11-22(21)27-16-28-25)32-9-3-8-30-14-18-12-26-13-19(18)15-30/h4-7,10-11,16,18-19,26H,3,8-9,12-15H2,1-2H3,(H,27,28,29). The number of nitrogens with zero attached hydrogens (tertiary/aromatic N) is 3. The largest absolute Gasteiger partial charge is 0.493 e. The van der Waals surface area contributed by atoms with Crippen molar-refractivity contribution in [1.82, 2.24) is 20.2 Å². The molecule has 0 saturated carbocycles. The molecule has 3 aromatic rings. The highest BCUT2D eigenvalue weighted by molar-refractivity contribution is 5.93. The molecule has 2 atom stereocenters. The van der Waals surface area contributed by atoms with E-state index in [4.69, 9.17) is 9.47 Å². The smallest absolute Gasteiger partial charge is 0.162 e.